The van der Waals surface area contributed by atoms with Crippen LogP contribution in [0.4, 0.5) is 5.69 Å². The third-order valence-electron chi connectivity index (χ3n) is 2.09. The molecule has 86 valence electrons. The molecular weight excluding hydrogens is 297 g/mol. The molecule has 0 bridgehead atoms. The van der Waals surface area contributed by atoms with E-state index in [-0.39, 0.29) is 17.4 Å². The van der Waals surface area contributed by atoms with Gasteiger partial charge < -0.3 is 0 Å². The predicted octanol–water partition coefficient (Wildman–Crippen LogP) is 3.36. The van der Waals surface area contributed by atoms with E-state index in [0.29, 0.717) is 11.1 Å². The molecule has 0 aliphatic rings. The van der Waals surface area contributed by atoms with Crippen molar-refractivity contribution in [1.82, 2.24) is 0 Å². The predicted molar refractivity (Wildman–Crippen MR) is 65.0 cm³/mol. The van der Waals surface area contributed by atoms with Crippen LogP contribution in [-0.4, -0.2) is 10.7 Å². The maximum atomic E-state index is 11.1. The van der Waals surface area contributed by atoms with Crippen molar-refractivity contribution in [2.24, 2.45) is 0 Å². The van der Waals surface area contributed by atoms with Crippen molar-refractivity contribution in [3.8, 4) is 0 Å². The first-order chi connectivity index (χ1) is 7.47. The number of ketones is 1. The van der Waals surface area contributed by atoms with Crippen LogP contribution in [0.25, 0.3) is 0 Å². The van der Waals surface area contributed by atoms with Crippen molar-refractivity contribution >= 4 is 39.0 Å². The van der Waals surface area contributed by atoms with Gasteiger partial charge in [-0.05, 0) is 18.6 Å². The standard InChI is InChI=1S/C10H9BrClNO3/c1-6(14)10(11)7-2-3-9(13(15)16)8(4-7)5-12/h2-4,10H,5H2,1H3. The van der Waals surface area contributed by atoms with Gasteiger partial charge in [0.2, 0.25) is 0 Å². The summed E-state index contributed by atoms with van der Waals surface area (Å²) >= 11 is 8.84. The number of hydrogen-bond acceptors (Lipinski definition) is 3. The molecule has 4 nitrogen and oxygen atoms in total. The number of nitrogens with zero attached hydrogens (tertiary/aromatic N) is 1. The van der Waals surface area contributed by atoms with Gasteiger partial charge in [0.1, 0.15) is 5.78 Å². The maximum absolute atomic E-state index is 11.1. The highest BCUT2D eigenvalue weighted by atomic mass is 79.9. The van der Waals surface area contributed by atoms with E-state index in [1.165, 1.54) is 13.0 Å². The monoisotopic (exact) mass is 305 g/mol. The average Bonchev–Trinajstić information content (AvgIpc) is 2.26. The Bertz CT molecular complexity index is 436. The molecular formula is C10H9BrClNO3. The van der Waals surface area contributed by atoms with Gasteiger partial charge in [-0.15, -0.1) is 11.6 Å². The third kappa shape index (κ3) is 2.80. The zero-order chi connectivity index (χ0) is 12.3. The molecule has 0 spiro atoms. The van der Waals surface area contributed by atoms with E-state index >= 15 is 0 Å². The van der Waals surface area contributed by atoms with Gasteiger partial charge in [-0.1, -0.05) is 22.0 Å². The topological polar surface area (TPSA) is 60.2 Å². The number of rotatable bonds is 4. The second-order valence-corrected chi connectivity index (χ2v) is 4.44. The number of halogens is 2. The van der Waals surface area contributed by atoms with Crippen molar-refractivity contribution in [3.63, 3.8) is 0 Å². The van der Waals surface area contributed by atoms with E-state index in [0.717, 1.165) is 0 Å². The van der Waals surface area contributed by atoms with Gasteiger partial charge in [-0.25, -0.2) is 0 Å². The van der Waals surface area contributed by atoms with Gasteiger partial charge in [-0.2, -0.15) is 0 Å². The highest BCUT2D eigenvalue weighted by molar-refractivity contribution is 9.09. The number of hydrogen-bond donors (Lipinski definition) is 0. The smallest absolute Gasteiger partial charge is 0.273 e. The second-order valence-electron chi connectivity index (χ2n) is 3.25. The lowest BCUT2D eigenvalue weighted by atomic mass is 10.1. The molecule has 0 saturated carbocycles. The van der Waals surface area contributed by atoms with Gasteiger partial charge in [-0.3, -0.25) is 14.9 Å². The SMILES string of the molecule is CC(=O)C(Br)c1ccc([N+](=O)[O-])c(CCl)c1. The summed E-state index contributed by atoms with van der Waals surface area (Å²) < 4.78 is 0. The largest absolute Gasteiger partial charge is 0.298 e. The van der Waals surface area contributed by atoms with Crippen molar-refractivity contribution in [1.29, 1.82) is 0 Å². The summed E-state index contributed by atoms with van der Waals surface area (Å²) in [5, 5.41) is 10.7. The van der Waals surface area contributed by atoms with E-state index < -0.39 is 9.75 Å². The quantitative estimate of drug-likeness (QED) is 0.487. The lowest BCUT2D eigenvalue weighted by molar-refractivity contribution is -0.385. The molecule has 6 heteroatoms. The molecule has 0 amide bonds. The maximum Gasteiger partial charge on any atom is 0.273 e. The Kier molecular flexibility index (Phi) is 4.44. The number of benzene rings is 1. The van der Waals surface area contributed by atoms with Gasteiger partial charge in [0.05, 0.1) is 15.6 Å². The highest BCUT2D eigenvalue weighted by Crippen LogP contribution is 2.29. The van der Waals surface area contributed by atoms with Crippen molar-refractivity contribution in [3.05, 3.63) is 39.4 Å². The van der Waals surface area contributed by atoms with Crippen molar-refractivity contribution in [2.75, 3.05) is 0 Å². The number of nitro groups is 1. The molecule has 1 aromatic carbocycles. The number of alkyl halides is 2. The summed E-state index contributed by atoms with van der Waals surface area (Å²) in [6.45, 7) is 1.45. The van der Waals surface area contributed by atoms with Gasteiger partial charge in [0, 0.05) is 11.6 Å². The molecule has 0 fully saturated rings. The number of carbonyl (C=O) groups excluding carboxylic acids is 1. The van der Waals surface area contributed by atoms with Crippen LogP contribution in [0.1, 0.15) is 22.9 Å². The molecule has 1 atom stereocenters. The fourth-order valence-corrected chi connectivity index (χ4v) is 1.78. The first-order valence-electron chi connectivity index (χ1n) is 4.45. The molecule has 0 radical (unpaired) electrons. The summed E-state index contributed by atoms with van der Waals surface area (Å²) in [6, 6.07) is 4.49. The fourth-order valence-electron chi connectivity index (χ4n) is 1.28. The Hall–Kier alpha value is -0.940. The minimum absolute atomic E-state index is 0.0259. The molecule has 0 aliphatic carbocycles. The summed E-state index contributed by atoms with van der Waals surface area (Å²) in [6.07, 6.45) is 0. The lowest BCUT2D eigenvalue weighted by Gasteiger charge is -2.07. The van der Waals surface area contributed by atoms with Gasteiger partial charge in [0.15, 0.2) is 0 Å². The Morgan fingerprint density at radius 1 is 1.62 bits per heavy atom. The molecule has 0 heterocycles. The Labute approximate surface area is 106 Å². The Morgan fingerprint density at radius 2 is 2.25 bits per heavy atom. The van der Waals surface area contributed by atoms with Crippen molar-refractivity contribution < 1.29 is 9.72 Å². The van der Waals surface area contributed by atoms with E-state index in [1.807, 2.05) is 0 Å². The minimum atomic E-state index is -0.488. The van der Waals surface area contributed by atoms with Crippen LogP contribution in [0.3, 0.4) is 0 Å². The first kappa shape index (κ1) is 13.1. The van der Waals surface area contributed by atoms with Gasteiger partial charge >= 0.3 is 0 Å². The van der Waals surface area contributed by atoms with Crippen LogP contribution in [0.15, 0.2) is 18.2 Å². The van der Waals surface area contributed by atoms with Crippen molar-refractivity contribution in [2.45, 2.75) is 17.6 Å². The van der Waals surface area contributed by atoms with Crippen LogP contribution >= 0.6 is 27.5 Å². The normalized spacial score (nSPS) is 12.2. The molecule has 1 rings (SSSR count). The van der Waals surface area contributed by atoms with Crippen LogP contribution in [0.5, 0.6) is 0 Å². The number of carbonyl (C=O) groups is 1. The van der Waals surface area contributed by atoms with Gasteiger partial charge in [0.25, 0.3) is 5.69 Å². The summed E-state index contributed by atoms with van der Waals surface area (Å²) in [5.74, 6) is -0.0173. The summed E-state index contributed by atoms with van der Waals surface area (Å²) in [4.78, 5) is 20.9. The van der Waals surface area contributed by atoms with E-state index in [9.17, 15) is 14.9 Å². The van der Waals surface area contributed by atoms with Crippen LogP contribution in [-0.2, 0) is 10.7 Å². The molecule has 16 heavy (non-hydrogen) atoms. The zero-order valence-corrected chi connectivity index (χ0v) is 10.8. The van der Waals surface area contributed by atoms with Crippen LogP contribution in [0, 0.1) is 10.1 Å². The van der Waals surface area contributed by atoms with Crippen LogP contribution < -0.4 is 0 Å². The van der Waals surface area contributed by atoms with Crippen LogP contribution in [0.2, 0.25) is 0 Å². The van der Waals surface area contributed by atoms with E-state index in [1.54, 1.807) is 12.1 Å². The zero-order valence-electron chi connectivity index (χ0n) is 8.44. The summed E-state index contributed by atoms with van der Waals surface area (Å²) in [7, 11) is 0. The first-order valence-corrected chi connectivity index (χ1v) is 5.90. The van der Waals surface area contributed by atoms with E-state index in [4.69, 9.17) is 11.6 Å². The molecule has 0 saturated heterocycles. The molecule has 1 unspecified atom stereocenters. The lowest BCUT2D eigenvalue weighted by Crippen LogP contribution is -2.02. The molecule has 1 aromatic rings. The fraction of sp³-hybridized carbons (Fsp3) is 0.300. The van der Waals surface area contributed by atoms with E-state index in [2.05, 4.69) is 15.9 Å². The Morgan fingerprint density at radius 3 is 2.69 bits per heavy atom. The number of nitro benzene ring substituents is 1. The average molecular weight is 307 g/mol. The highest BCUT2D eigenvalue weighted by Gasteiger charge is 2.18. The Balaban J connectivity index is 3.18. The molecule has 0 N–H and O–H groups in total. The number of Topliss-reactive ketones (excluding diaryl/α,β-unsaturated/α-hetero) is 1. The second kappa shape index (κ2) is 5.41. The third-order valence-corrected chi connectivity index (χ3v) is 3.56. The summed E-state index contributed by atoms with van der Waals surface area (Å²) in [5.41, 5.74) is 1.06. The molecule has 0 aromatic heterocycles. The molecule has 0 aliphatic heterocycles. The minimum Gasteiger partial charge on any atom is -0.298 e.